The van der Waals surface area contributed by atoms with Crippen LogP contribution in [0.15, 0.2) is 66.9 Å². The van der Waals surface area contributed by atoms with Gasteiger partial charge in [0.25, 0.3) is 11.8 Å². The van der Waals surface area contributed by atoms with Crippen LogP contribution >= 0.6 is 0 Å². The van der Waals surface area contributed by atoms with E-state index in [1.165, 1.54) is 12.1 Å². The van der Waals surface area contributed by atoms with E-state index in [4.69, 9.17) is 0 Å². The summed E-state index contributed by atoms with van der Waals surface area (Å²) in [5, 5.41) is 24.4. The molecular formula is C24H20N2O4. The van der Waals surface area contributed by atoms with Crippen molar-refractivity contribution in [1.29, 1.82) is 0 Å². The van der Waals surface area contributed by atoms with Crippen LogP contribution in [0.5, 0.6) is 11.5 Å². The molecule has 0 atom stereocenters. The first-order chi connectivity index (χ1) is 14.4. The Bertz CT molecular complexity index is 1200. The lowest BCUT2D eigenvalue weighted by atomic mass is 9.90. The van der Waals surface area contributed by atoms with Gasteiger partial charge in [-0.3, -0.25) is 14.9 Å². The molecule has 0 aliphatic carbocycles. The van der Waals surface area contributed by atoms with Crippen LogP contribution in [0.1, 0.15) is 27.0 Å². The second-order valence-corrected chi connectivity index (χ2v) is 7.12. The maximum atomic E-state index is 12.5. The van der Waals surface area contributed by atoms with E-state index < -0.39 is 11.8 Å². The van der Waals surface area contributed by atoms with Crippen LogP contribution in [0.25, 0.3) is 16.7 Å². The Morgan fingerprint density at radius 3 is 2.43 bits per heavy atom. The van der Waals surface area contributed by atoms with Gasteiger partial charge in [-0.1, -0.05) is 36.4 Å². The van der Waals surface area contributed by atoms with Gasteiger partial charge in [0.1, 0.15) is 0 Å². The van der Waals surface area contributed by atoms with Crippen molar-refractivity contribution in [3.63, 3.8) is 0 Å². The van der Waals surface area contributed by atoms with Gasteiger partial charge < -0.3 is 15.5 Å². The molecule has 0 saturated carbocycles. The fraction of sp³-hybridized carbons (Fsp3) is 0.0833. The Morgan fingerprint density at radius 1 is 0.867 bits per heavy atom. The predicted octanol–water partition coefficient (Wildman–Crippen LogP) is 3.47. The van der Waals surface area contributed by atoms with Gasteiger partial charge in [0, 0.05) is 23.9 Å². The average Bonchev–Trinajstić information content (AvgIpc) is 2.73. The molecule has 1 aliphatic heterocycles. The first kappa shape index (κ1) is 19.3. The number of nitrogens with one attached hydrogen (secondary N) is 2. The smallest absolute Gasteiger partial charge is 0.260 e. The molecule has 0 fully saturated rings. The van der Waals surface area contributed by atoms with E-state index in [9.17, 15) is 19.8 Å². The van der Waals surface area contributed by atoms with Gasteiger partial charge in [-0.15, -0.1) is 0 Å². The number of fused-ring (bicyclic) bond motifs is 1. The molecule has 30 heavy (non-hydrogen) atoms. The quantitative estimate of drug-likeness (QED) is 0.305. The number of rotatable bonds is 4. The SMILES string of the molecule is Cc1ccccc1-c1ccc2c(c1)C(=CNCc1ccc(O)c(O)c1)C(=O)NC2=O. The first-order valence-corrected chi connectivity index (χ1v) is 9.44. The largest absolute Gasteiger partial charge is 0.504 e. The van der Waals surface area contributed by atoms with Crippen molar-refractivity contribution in [1.82, 2.24) is 10.6 Å². The van der Waals surface area contributed by atoms with Crippen LogP contribution < -0.4 is 10.6 Å². The topological polar surface area (TPSA) is 98.7 Å². The number of hydrogen-bond donors (Lipinski definition) is 4. The van der Waals surface area contributed by atoms with E-state index in [2.05, 4.69) is 10.6 Å². The monoisotopic (exact) mass is 400 g/mol. The third-order valence-corrected chi connectivity index (χ3v) is 5.07. The minimum atomic E-state index is -0.476. The molecular weight excluding hydrogens is 380 g/mol. The fourth-order valence-corrected chi connectivity index (χ4v) is 3.48. The van der Waals surface area contributed by atoms with Gasteiger partial charge in [0.2, 0.25) is 0 Å². The third-order valence-electron chi connectivity index (χ3n) is 5.07. The normalized spacial score (nSPS) is 14.4. The molecule has 2 amide bonds. The molecule has 6 heteroatoms. The highest BCUT2D eigenvalue weighted by molar-refractivity contribution is 6.31. The maximum absolute atomic E-state index is 12.5. The number of aryl methyl sites for hydroxylation is 1. The zero-order chi connectivity index (χ0) is 21.3. The summed E-state index contributed by atoms with van der Waals surface area (Å²) >= 11 is 0. The summed E-state index contributed by atoms with van der Waals surface area (Å²) in [4.78, 5) is 24.8. The van der Waals surface area contributed by atoms with Crippen molar-refractivity contribution >= 4 is 17.4 Å². The summed E-state index contributed by atoms with van der Waals surface area (Å²) in [6.07, 6.45) is 1.56. The first-order valence-electron chi connectivity index (χ1n) is 9.44. The number of benzene rings is 3. The summed E-state index contributed by atoms with van der Waals surface area (Å²) in [5.41, 5.74) is 5.12. The highest BCUT2D eigenvalue weighted by Gasteiger charge is 2.27. The molecule has 0 aromatic heterocycles. The van der Waals surface area contributed by atoms with E-state index in [1.807, 2.05) is 43.3 Å². The molecule has 0 unspecified atom stereocenters. The summed E-state index contributed by atoms with van der Waals surface area (Å²) in [6.45, 7) is 2.34. The van der Waals surface area contributed by atoms with E-state index >= 15 is 0 Å². The lowest BCUT2D eigenvalue weighted by Crippen LogP contribution is -2.37. The lowest BCUT2D eigenvalue weighted by Gasteiger charge is -2.20. The molecule has 150 valence electrons. The van der Waals surface area contributed by atoms with Crippen molar-refractivity contribution in [3.8, 4) is 22.6 Å². The van der Waals surface area contributed by atoms with Gasteiger partial charge in [0.05, 0.1) is 5.57 Å². The van der Waals surface area contributed by atoms with Crippen LogP contribution in [-0.4, -0.2) is 22.0 Å². The zero-order valence-corrected chi connectivity index (χ0v) is 16.3. The van der Waals surface area contributed by atoms with Gasteiger partial charge in [-0.25, -0.2) is 0 Å². The molecule has 6 nitrogen and oxygen atoms in total. The summed E-state index contributed by atoms with van der Waals surface area (Å²) in [5.74, 6) is -1.31. The highest BCUT2D eigenvalue weighted by Crippen LogP contribution is 2.31. The van der Waals surface area contributed by atoms with Gasteiger partial charge in [-0.05, 0) is 53.4 Å². The molecule has 0 bridgehead atoms. The predicted molar refractivity (Wildman–Crippen MR) is 114 cm³/mol. The summed E-state index contributed by atoms with van der Waals surface area (Å²) in [6, 6.07) is 17.9. The number of aromatic hydroxyl groups is 2. The number of amides is 2. The van der Waals surface area contributed by atoms with Crippen LogP contribution in [0.4, 0.5) is 0 Å². The Hall–Kier alpha value is -4.06. The minimum Gasteiger partial charge on any atom is -0.504 e. The van der Waals surface area contributed by atoms with Gasteiger partial charge in [0.15, 0.2) is 11.5 Å². The maximum Gasteiger partial charge on any atom is 0.260 e. The van der Waals surface area contributed by atoms with Crippen molar-refractivity contribution in [2.24, 2.45) is 0 Å². The third kappa shape index (κ3) is 3.63. The molecule has 4 N–H and O–H groups in total. The average molecular weight is 400 g/mol. The summed E-state index contributed by atoms with van der Waals surface area (Å²) in [7, 11) is 0. The van der Waals surface area contributed by atoms with Crippen LogP contribution in [-0.2, 0) is 11.3 Å². The van der Waals surface area contributed by atoms with E-state index in [-0.39, 0.29) is 11.5 Å². The second kappa shape index (κ2) is 7.75. The van der Waals surface area contributed by atoms with Crippen LogP contribution in [0.2, 0.25) is 0 Å². The van der Waals surface area contributed by atoms with Crippen molar-refractivity contribution < 1.29 is 19.8 Å². The molecule has 1 aliphatic rings. The van der Waals surface area contributed by atoms with Crippen molar-refractivity contribution in [3.05, 3.63) is 89.1 Å². The number of phenols is 2. The Morgan fingerprint density at radius 2 is 1.67 bits per heavy atom. The molecule has 0 saturated heterocycles. The molecule has 4 rings (SSSR count). The van der Waals surface area contributed by atoms with Gasteiger partial charge in [-0.2, -0.15) is 0 Å². The number of hydrogen-bond acceptors (Lipinski definition) is 5. The lowest BCUT2D eigenvalue weighted by molar-refractivity contribution is -0.114. The molecule has 3 aromatic rings. The molecule has 0 spiro atoms. The number of phenolic OH excluding ortho intramolecular Hbond substituents is 2. The molecule has 3 aromatic carbocycles. The number of imide groups is 1. The van der Waals surface area contributed by atoms with Crippen molar-refractivity contribution in [2.75, 3.05) is 0 Å². The Kier molecular flexibility index (Phi) is 4.98. The highest BCUT2D eigenvalue weighted by atomic mass is 16.3. The number of carbonyl (C=O) groups is 2. The second-order valence-electron chi connectivity index (χ2n) is 7.12. The van der Waals surface area contributed by atoms with Crippen LogP contribution in [0, 0.1) is 6.92 Å². The standard InChI is InChI=1S/C24H20N2O4/c1-14-4-2-3-5-17(14)16-7-8-18-19(11-16)20(24(30)26-23(18)29)13-25-12-15-6-9-21(27)22(28)10-15/h2-11,13,25,27-28H,12H2,1H3,(H,26,29,30). The Labute approximate surface area is 173 Å². The van der Waals surface area contributed by atoms with Crippen molar-refractivity contribution in [2.45, 2.75) is 13.5 Å². The summed E-state index contributed by atoms with van der Waals surface area (Å²) < 4.78 is 0. The van der Waals surface area contributed by atoms with E-state index in [0.29, 0.717) is 23.2 Å². The fourth-order valence-electron chi connectivity index (χ4n) is 3.48. The minimum absolute atomic E-state index is 0.195. The Balaban J connectivity index is 1.68. The molecule has 1 heterocycles. The molecule has 0 radical (unpaired) electrons. The zero-order valence-electron chi connectivity index (χ0n) is 16.3. The van der Waals surface area contributed by atoms with E-state index in [1.54, 1.807) is 18.3 Å². The van der Waals surface area contributed by atoms with Gasteiger partial charge >= 0.3 is 0 Å². The number of carbonyl (C=O) groups excluding carboxylic acids is 2. The van der Waals surface area contributed by atoms with Crippen LogP contribution in [0.3, 0.4) is 0 Å². The van der Waals surface area contributed by atoms with E-state index in [0.717, 1.165) is 22.3 Å².